The number of hydrogen-bond acceptors (Lipinski definition) is 4. The molecule has 0 amide bonds. The van der Waals surface area contributed by atoms with Crippen LogP contribution in [0.4, 0.5) is 5.82 Å². The molecule has 0 aliphatic rings. The fourth-order valence-electron chi connectivity index (χ4n) is 2.49. The highest BCUT2D eigenvalue weighted by Gasteiger charge is 2.03. The number of ether oxygens (including phenoxy) is 1. The van der Waals surface area contributed by atoms with Crippen LogP contribution in [-0.2, 0) is 11.3 Å². The standard InChI is InChI=1S/C20H18BrN3O/c1-25-13-16-8-3-2-6-15(16)7-4-5-11-22-20-18-12-17(21)9-10-19(18)23-14-24-20/h2-3,6,8-10,12,14H,5,11,13H2,1H3,(H,22,23,24). The van der Waals surface area contributed by atoms with Crippen molar-refractivity contribution in [2.45, 2.75) is 13.0 Å². The molecule has 0 spiro atoms. The van der Waals surface area contributed by atoms with E-state index in [0.29, 0.717) is 6.61 Å². The summed E-state index contributed by atoms with van der Waals surface area (Å²) in [6, 6.07) is 14.0. The molecule has 0 saturated carbocycles. The molecule has 3 aromatic rings. The molecular formula is C20H18BrN3O. The Bertz CT molecular complexity index is 931. The maximum Gasteiger partial charge on any atom is 0.137 e. The molecule has 1 N–H and O–H groups in total. The molecule has 1 heterocycles. The van der Waals surface area contributed by atoms with Crippen molar-refractivity contribution in [1.29, 1.82) is 0 Å². The van der Waals surface area contributed by atoms with Gasteiger partial charge in [-0.15, -0.1) is 0 Å². The van der Waals surface area contributed by atoms with Gasteiger partial charge in [0.25, 0.3) is 0 Å². The summed E-state index contributed by atoms with van der Waals surface area (Å²) in [4.78, 5) is 8.62. The van der Waals surface area contributed by atoms with E-state index in [9.17, 15) is 0 Å². The number of rotatable bonds is 5. The van der Waals surface area contributed by atoms with Gasteiger partial charge in [0, 0.05) is 35.5 Å². The molecule has 0 atom stereocenters. The monoisotopic (exact) mass is 395 g/mol. The molecule has 0 aliphatic heterocycles. The highest BCUT2D eigenvalue weighted by atomic mass is 79.9. The van der Waals surface area contributed by atoms with Crippen LogP contribution in [-0.4, -0.2) is 23.6 Å². The SMILES string of the molecule is COCc1ccccc1C#CCCNc1ncnc2ccc(Br)cc12. The normalized spacial score (nSPS) is 10.3. The van der Waals surface area contributed by atoms with Crippen LogP contribution in [0.25, 0.3) is 10.9 Å². The van der Waals surface area contributed by atoms with E-state index in [0.717, 1.165) is 45.3 Å². The second-order valence-corrected chi connectivity index (χ2v) is 6.37. The van der Waals surface area contributed by atoms with Crippen molar-refractivity contribution in [3.05, 3.63) is 64.4 Å². The van der Waals surface area contributed by atoms with Gasteiger partial charge in [-0.3, -0.25) is 0 Å². The van der Waals surface area contributed by atoms with Crippen LogP contribution < -0.4 is 5.32 Å². The first-order valence-corrected chi connectivity index (χ1v) is 8.77. The van der Waals surface area contributed by atoms with E-state index in [4.69, 9.17) is 4.74 Å². The highest BCUT2D eigenvalue weighted by Crippen LogP contribution is 2.23. The Morgan fingerprint density at radius 2 is 2.04 bits per heavy atom. The zero-order valence-electron chi connectivity index (χ0n) is 13.9. The predicted molar refractivity (Wildman–Crippen MR) is 104 cm³/mol. The number of aromatic nitrogens is 2. The van der Waals surface area contributed by atoms with Crippen LogP contribution in [0.5, 0.6) is 0 Å². The molecule has 2 aromatic carbocycles. The Labute approximate surface area is 155 Å². The quantitative estimate of drug-likeness (QED) is 0.513. The molecular weight excluding hydrogens is 378 g/mol. The lowest BCUT2D eigenvalue weighted by molar-refractivity contribution is 0.184. The lowest BCUT2D eigenvalue weighted by Crippen LogP contribution is -2.03. The van der Waals surface area contributed by atoms with Gasteiger partial charge in [-0.1, -0.05) is 46.0 Å². The third-order valence-corrected chi connectivity index (χ3v) is 4.17. The van der Waals surface area contributed by atoms with Gasteiger partial charge < -0.3 is 10.1 Å². The number of hydrogen-bond donors (Lipinski definition) is 1. The first-order valence-electron chi connectivity index (χ1n) is 7.98. The van der Waals surface area contributed by atoms with Gasteiger partial charge in [0.1, 0.15) is 12.1 Å². The van der Waals surface area contributed by atoms with Crippen LogP contribution in [0.2, 0.25) is 0 Å². The average molecular weight is 396 g/mol. The molecule has 1 aromatic heterocycles. The molecule has 4 nitrogen and oxygen atoms in total. The summed E-state index contributed by atoms with van der Waals surface area (Å²) >= 11 is 3.49. The van der Waals surface area contributed by atoms with Crippen LogP contribution >= 0.6 is 15.9 Å². The van der Waals surface area contributed by atoms with E-state index < -0.39 is 0 Å². The molecule has 25 heavy (non-hydrogen) atoms. The molecule has 0 radical (unpaired) electrons. The molecule has 0 unspecified atom stereocenters. The Morgan fingerprint density at radius 1 is 1.16 bits per heavy atom. The topological polar surface area (TPSA) is 47.0 Å². The zero-order chi connectivity index (χ0) is 17.5. The lowest BCUT2D eigenvalue weighted by atomic mass is 10.1. The predicted octanol–water partition coefficient (Wildman–Crippen LogP) is 4.39. The van der Waals surface area contributed by atoms with Crippen LogP contribution in [0.15, 0.2) is 53.3 Å². The Kier molecular flexibility index (Phi) is 5.99. The van der Waals surface area contributed by atoms with E-state index in [1.165, 1.54) is 0 Å². The van der Waals surface area contributed by atoms with Crippen LogP contribution in [0, 0.1) is 11.8 Å². The van der Waals surface area contributed by atoms with Crippen molar-refractivity contribution in [1.82, 2.24) is 9.97 Å². The van der Waals surface area contributed by atoms with Gasteiger partial charge in [0.15, 0.2) is 0 Å². The molecule has 0 bridgehead atoms. The minimum atomic E-state index is 0.574. The van der Waals surface area contributed by atoms with E-state index in [-0.39, 0.29) is 0 Å². The van der Waals surface area contributed by atoms with Crippen molar-refractivity contribution >= 4 is 32.7 Å². The summed E-state index contributed by atoms with van der Waals surface area (Å²) in [6.45, 7) is 1.29. The van der Waals surface area contributed by atoms with Crippen molar-refractivity contribution in [3.63, 3.8) is 0 Å². The van der Waals surface area contributed by atoms with E-state index in [1.54, 1.807) is 13.4 Å². The first kappa shape index (κ1) is 17.4. The number of methoxy groups -OCH3 is 1. The third-order valence-electron chi connectivity index (χ3n) is 3.68. The number of halogens is 1. The molecule has 3 rings (SSSR count). The summed E-state index contributed by atoms with van der Waals surface area (Å²) in [5, 5.41) is 4.34. The molecule has 0 aliphatic carbocycles. The number of benzene rings is 2. The van der Waals surface area contributed by atoms with E-state index in [1.807, 2.05) is 42.5 Å². The fraction of sp³-hybridized carbons (Fsp3) is 0.200. The second kappa shape index (κ2) is 8.61. The highest BCUT2D eigenvalue weighted by molar-refractivity contribution is 9.10. The van der Waals surface area contributed by atoms with Crippen molar-refractivity contribution in [3.8, 4) is 11.8 Å². The fourth-order valence-corrected chi connectivity index (χ4v) is 2.86. The summed E-state index contributed by atoms with van der Waals surface area (Å²) in [5.41, 5.74) is 3.04. The zero-order valence-corrected chi connectivity index (χ0v) is 15.5. The largest absolute Gasteiger partial charge is 0.380 e. The van der Waals surface area contributed by atoms with Gasteiger partial charge >= 0.3 is 0 Å². The summed E-state index contributed by atoms with van der Waals surface area (Å²) < 4.78 is 6.21. The Morgan fingerprint density at radius 3 is 2.92 bits per heavy atom. The number of fused-ring (bicyclic) bond motifs is 1. The van der Waals surface area contributed by atoms with E-state index in [2.05, 4.69) is 43.1 Å². The maximum atomic E-state index is 5.21. The van der Waals surface area contributed by atoms with Crippen molar-refractivity contribution < 1.29 is 4.74 Å². The summed E-state index contributed by atoms with van der Waals surface area (Å²) in [5.74, 6) is 7.26. The first-order chi connectivity index (χ1) is 12.3. The van der Waals surface area contributed by atoms with Gasteiger partial charge in [-0.25, -0.2) is 9.97 Å². The van der Waals surface area contributed by atoms with Crippen molar-refractivity contribution in [2.75, 3.05) is 19.0 Å². The Balaban J connectivity index is 1.64. The second-order valence-electron chi connectivity index (χ2n) is 5.45. The van der Waals surface area contributed by atoms with Crippen molar-refractivity contribution in [2.24, 2.45) is 0 Å². The van der Waals surface area contributed by atoms with Gasteiger partial charge in [0.05, 0.1) is 12.1 Å². The molecule has 5 heteroatoms. The number of nitrogens with zero attached hydrogens (tertiary/aromatic N) is 2. The average Bonchev–Trinajstić information content (AvgIpc) is 2.63. The smallest absolute Gasteiger partial charge is 0.137 e. The van der Waals surface area contributed by atoms with Crippen LogP contribution in [0.1, 0.15) is 17.5 Å². The minimum Gasteiger partial charge on any atom is -0.380 e. The minimum absolute atomic E-state index is 0.574. The Hall–Kier alpha value is -2.42. The van der Waals surface area contributed by atoms with Gasteiger partial charge in [-0.2, -0.15) is 0 Å². The third kappa shape index (κ3) is 4.56. The van der Waals surface area contributed by atoms with Gasteiger partial charge in [-0.05, 0) is 29.8 Å². The molecule has 126 valence electrons. The lowest BCUT2D eigenvalue weighted by Gasteiger charge is -2.07. The summed E-state index contributed by atoms with van der Waals surface area (Å²) in [6.07, 6.45) is 2.30. The number of anilines is 1. The molecule has 0 saturated heterocycles. The molecule has 0 fully saturated rings. The maximum absolute atomic E-state index is 5.21. The van der Waals surface area contributed by atoms with Crippen LogP contribution in [0.3, 0.4) is 0 Å². The van der Waals surface area contributed by atoms with E-state index >= 15 is 0 Å². The number of nitrogens with one attached hydrogen (secondary N) is 1. The van der Waals surface area contributed by atoms with Gasteiger partial charge in [0.2, 0.25) is 0 Å². The summed E-state index contributed by atoms with van der Waals surface area (Å²) in [7, 11) is 1.69.